The Kier molecular flexibility index (Phi) is 4.08. The van der Waals surface area contributed by atoms with Gasteiger partial charge in [0.1, 0.15) is 5.56 Å². The number of carbonyl (C=O) groups is 1. The van der Waals surface area contributed by atoms with Crippen molar-refractivity contribution in [1.29, 1.82) is 0 Å². The fourth-order valence-corrected chi connectivity index (χ4v) is 2.64. The van der Waals surface area contributed by atoms with Crippen LogP contribution in [0.25, 0.3) is 5.65 Å². The maximum Gasteiger partial charge on any atom is 0.257 e. The van der Waals surface area contributed by atoms with Gasteiger partial charge in [0.15, 0.2) is 5.65 Å². The van der Waals surface area contributed by atoms with Crippen LogP contribution in [0.1, 0.15) is 27.4 Å². The molecule has 1 N–H and O–H groups in total. The molecule has 2 aromatic heterocycles. The number of ether oxygens (including phenoxy) is 2. The van der Waals surface area contributed by atoms with Crippen molar-refractivity contribution in [3.8, 4) is 0 Å². The molecule has 0 bridgehead atoms. The molecule has 0 radical (unpaired) electrons. The normalized spacial score (nSPS) is 18.6. The molecular weight excluding hydrogens is 284 g/mol. The summed E-state index contributed by atoms with van der Waals surface area (Å²) in [5.74, 6) is -0.181. The van der Waals surface area contributed by atoms with Gasteiger partial charge in [-0.1, -0.05) is 0 Å². The van der Waals surface area contributed by atoms with E-state index in [0.29, 0.717) is 43.3 Å². The summed E-state index contributed by atoms with van der Waals surface area (Å²) in [6.45, 7) is 7.77. The molecular formula is C15H20N4O3. The molecule has 2 aromatic rings. The van der Waals surface area contributed by atoms with E-state index < -0.39 is 0 Å². The second-order valence-corrected chi connectivity index (χ2v) is 5.51. The highest BCUT2D eigenvalue weighted by molar-refractivity contribution is 6.01. The Morgan fingerprint density at radius 3 is 2.95 bits per heavy atom. The summed E-state index contributed by atoms with van der Waals surface area (Å²) in [6, 6.07) is 1.94. The Hall–Kier alpha value is -1.99. The van der Waals surface area contributed by atoms with Gasteiger partial charge in [-0.2, -0.15) is 5.10 Å². The van der Waals surface area contributed by atoms with E-state index in [2.05, 4.69) is 15.4 Å². The first-order valence-electron chi connectivity index (χ1n) is 7.37. The van der Waals surface area contributed by atoms with E-state index in [9.17, 15) is 4.79 Å². The maximum absolute atomic E-state index is 12.5. The number of fused-ring (bicyclic) bond motifs is 1. The second kappa shape index (κ2) is 6.02. The summed E-state index contributed by atoms with van der Waals surface area (Å²) in [6.07, 6.45) is -0.101. The van der Waals surface area contributed by atoms with Crippen LogP contribution in [-0.4, -0.2) is 53.0 Å². The summed E-state index contributed by atoms with van der Waals surface area (Å²) in [4.78, 5) is 17.0. The number of aromatic nitrogens is 3. The van der Waals surface area contributed by atoms with Crippen molar-refractivity contribution >= 4 is 11.6 Å². The fourth-order valence-electron chi connectivity index (χ4n) is 2.64. The lowest BCUT2D eigenvalue weighted by atomic mass is 10.2. The third kappa shape index (κ3) is 2.82. The molecule has 3 heterocycles. The molecule has 1 amide bonds. The molecule has 1 fully saturated rings. The number of aryl methyl sites for hydroxylation is 3. The lowest BCUT2D eigenvalue weighted by Gasteiger charge is -2.23. The number of hydrogen-bond acceptors (Lipinski definition) is 5. The minimum Gasteiger partial charge on any atom is -0.376 e. The Morgan fingerprint density at radius 2 is 2.23 bits per heavy atom. The van der Waals surface area contributed by atoms with E-state index in [1.807, 2.05) is 26.8 Å². The lowest BCUT2D eigenvalue weighted by Crippen LogP contribution is -2.39. The standard InChI is InChI=1S/C15H20N4O3/c1-9-6-10(2)19-14(17-9)13(11(3)18-19)15(20)16-7-12-8-21-4-5-22-12/h6,12H,4-5,7-8H2,1-3H3,(H,16,20). The number of rotatable bonds is 3. The molecule has 0 aliphatic carbocycles. The van der Waals surface area contributed by atoms with Crippen LogP contribution in [0.3, 0.4) is 0 Å². The van der Waals surface area contributed by atoms with Gasteiger partial charge in [-0.15, -0.1) is 0 Å². The zero-order chi connectivity index (χ0) is 15.7. The van der Waals surface area contributed by atoms with Crippen LogP contribution < -0.4 is 5.32 Å². The van der Waals surface area contributed by atoms with Gasteiger partial charge in [0.2, 0.25) is 0 Å². The summed E-state index contributed by atoms with van der Waals surface area (Å²) >= 11 is 0. The fraction of sp³-hybridized carbons (Fsp3) is 0.533. The monoisotopic (exact) mass is 304 g/mol. The average molecular weight is 304 g/mol. The van der Waals surface area contributed by atoms with Crippen LogP contribution in [0, 0.1) is 20.8 Å². The largest absolute Gasteiger partial charge is 0.376 e. The molecule has 7 nitrogen and oxygen atoms in total. The minimum absolute atomic E-state index is 0.101. The van der Waals surface area contributed by atoms with E-state index in [1.165, 1.54) is 0 Å². The summed E-state index contributed by atoms with van der Waals surface area (Å²) in [5.41, 5.74) is 3.59. The van der Waals surface area contributed by atoms with Crippen LogP contribution in [0.4, 0.5) is 0 Å². The van der Waals surface area contributed by atoms with Crippen LogP contribution >= 0.6 is 0 Å². The van der Waals surface area contributed by atoms with Crippen molar-refractivity contribution in [2.24, 2.45) is 0 Å². The first-order valence-corrected chi connectivity index (χ1v) is 7.37. The van der Waals surface area contributed by atoms with Crippen molar-refractivity contribution in [2.75, 3.05) is 26.4 Å². The van der Waals surface area contributed by atoms with Gasteiger partial charge in [0.05, 0.1) is 31.6 Å². The van der Waals surface area contributed by atoms with Gasteiger partial charge in [0, 0.05) is 17.9 Å². The topological polar surface area (TPSA) is 77.8 Å². The highest BCUT2D eigenvalue weighted by atomic mass is 16.6. The van der Waals surface area contributed by atoms with Gasteiger partial charge >= 0.3 is 0 Å². The summed E-state index contributed by atoms with van der Waals surface area (Å²) < 4.78 is 12.6. The first-order chi connectivity index (χ1) is 10.6. The predicted octanol–water partition coefficient (Wildman–Crippen LogP) is 0.800. The van der Waals surface area contributed by atoms with E-state index >= 15 is 0 Å². The molecule has 0 saturated carbocycles. The summed E-state index contributed by atoms with van der Waals surface area (Å²) in [7, 11) is 0. The second-order valence-electron chi connectivity index (χ2n) is 5.51. The highest BCUT2D eigenvalue weighted by Crippen LogP contribution is 2.16. The molecule has 1 atom stereocenters. The number of amides is 1. The minimum atomic E-state index is -0.181. The van der Waals surface area contributed by atoms with Gasteiger partial charge in [-0.3, -0.25) is 4.79 Å². The zero-order valence-corrected chi connectivity index (χ0v) is 13.0. The van der Waals surface area contributed by atoms with Crippen molar-refractivity contribution < 1.29 is 14.3 Å². The number of nitrogens with zero attached hydrogens (tertiary/aromatic N) is 3. The lowest BCUT2D eigenvalue weighted by molar-refractivity contribution is -0.0855. The Balaban J connectivity index is 1.82. The van der Waals surface area contributed by atoms with E-state index in [4.69, 9.17) is 9.47 Å². The van der Waals surface area contributed by atoms with E-state index in [-0.39, 0.29) is 12.0 Å². The molecule has 3 rings (SSSR count). The quantitative estimate of drug-likeness (QED) is 0.907. The van der Waals surface area contributed by atoms with Gasteiger partial charge in [-0.25, -0.2) is 9.50 Å². The van der Waals surface area contributed by atoms with Crippen molar-refractivity contribution in [3.63, 3.8) is 0 Å². The van der Waals surface area contributed by atoms with Gasteiger partial charge in [-0.05, 0) is 26.8 Å². The van der Waals surface area contributed by atoms with E-state index in [0.717, 1.165) is 11.4 Å². The summed E-state index contributed by atoms with van der Waals surface area (Å²) in [5, 5.41) is 7.30. The molecule has 7 heteroatoms. The Morgan fingerprint density at radius 1 is 1.41 bits per heavy atom. The SMILES string of the molecule is Cc1cc(C)n2nc(C)c(C(=O)NCC3COCCO3)c2n1. The van der Waals surface area contributed by atoms with Crippen molar-refractivity contribution in [3.05, 3.63) is 28.7 Å². The predicted molar refractivity (Wildman–Crippen MR) is 80.1 cm³/mol. The highest BCUT2D eigenvalue weighted by Gasteiger charge is 2.21. The molecule has 0 spiro atoms. The molecule has 1 aliphatic heterocycles. The number of nitrogens with one attached hydrogen (secondary N) is 1. The third-order valence-electron chi connectivity index (χ3n) is 3.67. The molecule has 1 saturated heterocycles. The average Bonchev–Trinajstić information content (AvgIpc) is 2.82. The third-order valence-corrected chi connectivity index (χ3v) is 3.67. The van der Waals surface area contributed by atoms with Crippen molar-refractivity contribution in [1.82, 2.24) is 19.9 Å². The molecule has 118 valence electrons. The first kappa shape index (κ1) is 14.9. The smallest absolute Gasteiger partial charge is 0.257 e. The molecule has 22 heavy (non-hydrogen) atoms. The Labute approximate surface area is 128 Å². The number of hydrogen-bond donors (Lipinski definition) is 1. The maximum atomic E-state index is 12.5. The number of carbonyl (C=O) groups excluding carboxylic acids is 1. The van der Waals surface area contributed by atoms with Crippen LogP contribution in [0.5, 0.6) is 0 Å². The van der Waals surface area contributed by atoms with Crippen LogP contribution in [-0.2, 0) is 9.47 Å². The molecule has 0 aromatic carbocycles. The van der Waals surface area contributed by atoms with Crippen molar-refractivity contribution in [2.45, 2.75) is 26.9 Å². The zero-order valence-electron chi connectivity index (χ0n) is 13.0. The Bertz CT molecular complexity index is 704. The van der Waals surface area contributed by atoms with E-state index in [1.54, 1.807) is 4.52 Å². The van der Waals surface area contributed by atoms with Crippen LogP contribution in [0.2, 0.25) is 0 Å². The molecule has 1 unspecified atom stereocenters. The van der Waals surface area contributed by atoms with Gasteiger partial charge in [0.25, 0.3) is 5.91 Å². The molecule has 1 aliphatic rings. The van der Waals surface area contributed by atoms with Crippen LogP contribution in [0.15, 0.2) is 6.07 Å². The van der Waals surface area contributed by atoms with Gasteiger partial charge < -0.3 is 14.8 Å².